The van der Waals surface area contributed by atoms with Gasteiger partial charge in [0.2, 0.25) is 11.8 Å². The first-order chi connectivity index (χ1) is 14.0. The van der Waals surface area contributed by atoms with Crippen molar-refractivity contribution in [3.05, 3.63) is 58.6 Å². The second kappa shape index (κ2) is 7.71. The van der Waals surface area contributed by atoms with Crippen LogP contribution in [-0.2, 0) is 16.1 Å². The zero-order valence-electron chi connectivity index (χ0n) is 15.7. The molecule has 0 radical (unpaired) electrons. The van der Waals surface area contributed by atoms with E-state index in [0.717, 1.165) is 16.0 Å². The van der Waals surface area contributed by atoms with Crippen LogP contribution in [0.5, 0.6) is 0 Å². The average Bonchev–Trinajstić information content (AvgIpc) is 3.22. The molecule has 0 N–H and O–H groups in total. The molecule has 4 rings (SSSR count). The van der Waals surface area contributed by atoms with Gasteiger partial charge in [-0.1, -0.05) is 24.3 Å². The van der Waals surface area contributed by atoms with Crippen LogP contribution in [0.25, 0.3) is 10.2 Å². The number of thiazole rings is 1. The molecule has 0 aliphatic carbocycles. The van der Waals surface area contributed by atoms with Crippen molar-refractivity contribution in [3.63, 3.8) is 0 Å². The Labute approximate surface area is 169 Å². The van der Waals surface area contributed by atoms with E-state index in [0.29, 0.717) is 28.1 Å². The van der Waals surface area contributed by atoms with E-state index in [1.807, 2.05) is 6.92 Å². The first kappa shape index (κ1) is 19.2. The quantitative estimate of drug-likeness (QED) is 0.616. The van der Waals surface area contributed by atoms with Crippen molar-refractivity contribution in [2.75, 3.05) is 4.90 Å². The number of rotatable bonds is 4. The number of hydrogen-bond donors (Lipinski definition) is 0. The number of aromatic nitrogens is 1. The van der Waals surface area contributed by atoms with Gasteiger partial charge in [0.25, 0.3) is 5.91 Å². The normalized spacial score (nSPS) is 15.0. The van der Waals surface area contributed by atoms with Gasteiger partial charge in [0.05, 0.1) is 15.9 Å². The maximum absolute atomic E-state index is 14.3. The van der Waals surface area contributed by atoms with Crippen LogP contribution in [0.2, 0.25) is 0 Å². The van der Waals surface area contributed by atoms with Crippen LogP contribution >= 0.6 is 11.3 Å². The molecule has 8 heteroatoms. The number of carbonyl (C=O) groups excluding carboxylic acids is 3. The molecule has 1 aliphatic rings. The third kappa shape index (κ3) is 3.51. The lowest BCUT2D eigenvalue weighted by Gasteiger charge is -2.13. The molecule has 2 heterocycles. The number of carbonyl (C=O) groups is 3. The van der Waals surface area contributed by atoms with Crippen molar-refractivity contribution in [2.45, 2.75) is 32.7 Å². The number of anilines is 1. The molecular formula is C21H18FN3O3S. The first-order valence-electron chi connectivity index (χ1n) is 9.32. The van der Waals surface area contributed by atoms with Gasteiger partial charge in [-0.15, -0.1) is 0 Å². The van der Waals surface area contributed by atoms with E-state index in [-0.39, 0.29) is 30.5 Å². The highest BCUT2D eigenvalue weighted by Gasteiger charge is 2.30. The van der Waals surface area contributed by atoms with Crippen molar-refractivity contribution < 1.29 is 18.8 Å². The molecule has 2 aromatic carbocycles. The molecule has 6 nitrogen and oxygen atoms in total. The molecule has 0 spiro atoms. The van der Waals surface area contributed by atoms with Crippen molar-refractivity contribution in [1.82, 2.24) is 4.57 Å². The van der Waals surface area contributed by atoms with Crippen molar-refractivity contribution in [3.8, 4) is 0 Å². The summed E-state index contributed by atoms with van der Waals surface area (Å²) in [4.78, 5) is 42.1. The lowest BCUT2D eigenvalue weighted by atomic mass is 10.2. The Bertz CT molecular complexity index is 1180. The van der Waals surface area contributed by atoms with Gasteiger partial charge in [-0.2, -0.15) is 4.99 Å². The van der Waals surface area contributed by atoms with Gasteiger partial charge in [-0.3, -0.25) is 19.3 Å². The van der Waals surface area contributed by atoms with Crippen LogP contribution in [0.1, 0.15) is 36.5 Å². The summed E-state index contributed by atoms with van der Waals surface area (Å²) in [7, 11) is 0. The Morgan fingerprint density at radius 3 is 2.45 bits per heavy atom. The van der Waals surface area contributed by atoms with E-state index in [4.69, 9.17) is 0 Å². The minimum Gasteiger partial charge on any atom is -0.314 e. The number of halogens is 1. The van der Waals surface area contributed by atoms with E-state index in [2.05, 4.69) is 4.99 Å². The van der Waals surface area contributed by atoms with Gasteiger partial charge in [-0.05, 0) is 42.8 Å². The molecule has 1 aromatic heterocycles. The standard InChI is InChI=1S/C21H18FN3O3S/c1-2-12-24-19-15(22)4-3-5-16(19)29-21(24)23-20(28)13-6-8-14(9-7-13)25-17(26)10-11-18(25)27/h3-9H,2,10-12H2,1H3. The van der Waals surface area contributed by atoms with Crippen molar-refractivity contribution in [1.29, 1.82) is 0 Å². The molecule has 3 aromatic rings. The number of nitrogens with zero attached hydrogens (tertiary/aromatic N) is 3. The molecule has 3 amide bonds. The Morgan fingerprint density at radius 2 is 1.79 bits per heavy atom. The molecule has 0 atom stereocenters. The number of para-hydroxylation sites is 1. The van der Waals surface area contributed by atoms with Crippen LogP contribution in [-0.4, -0.2) is 22.3 Å². The monoisotopic (exact) mass is 411 g/mol. The molecule has 1 aliphatic heterocycles. The molecule has 148 valence electrons. The SMILES string of the molecule is CCCn1c(=NC(=O)c2ccc(N3C(=O)CCC3=O)cc2)sc2cccc(F)c21. The number of amides is 3. The summed E-state index contributed by atoms with van der Waals surface area (Å²) in [5.41, 5.74) is 1.22. The van der Waals surface area contributed by atoms with Gasteiger partial charge in [-0.25, -0.2) is 4.39 Å². The highest BCUT2D eigenvalue weighted by molar-refractivity contribution is 7.16. The summed E-state index contributed by atoms with van der Waals surface area (Å²) < 4.78 is 16.8. The number of fused-ring (bicyclic) bond motifs is 1. The summed E-state index contributed by atoms with van der Waals surface area (Å²) in [6.45, 7) is 2.52. The Kier molecular flexibility index (Phi) is 5.10. The molecule has 29 heavy (non-hydrogen) atoms. The van der Waals surface area contributed by atoms with Gasteiger partial charge in [0.15, 0.2) is 4.80 Å². The topological polar surface area (TPSA) is 71.7 Å². The predicted octanol–water partition coefficient (Wildman–Crippen LogP) is 3.65. The summed E-state index contributed by atoms with van der Waals surface area (Å²) in [5.74, 6) is -1.30. The van der Waals surface area contributed by atoms with E-state index >= 15 is 0 Å². The highest BCUT2D eigenvalue weighted by Crippen LogP contribution is 2.23. The third-order valence-corrected chi connectivity index (χ3v) is 5.76. The minimum atomic E-state index is -0.465. The van der Waals surface area contributed by atoms with Crippen LogP contribution in [0.3, 0.4) is 0 Å². The van der Waals surface area contributed by atoms with E-state index in [1.165, 1.54) is 29.5 Å². The summed E-state index contributed by atoms with van der Waals surface area (Å²) in [6, 6.07) is 11.0. The van der Waals surface area contributed by atoms with Crippen molar-refractivity contribution in [2.24, 2.45) is 4.99 Å². The Morgan fingerprint density at radius 1 is 1.10 bits per heavy atom. The second-order valence-electron chi connectivity index (χ2n) is 6.71. The molecule has 0 saturated carbocycles. The first-order valence-corrected chi connectivity index (χ1v) is 10.1. The van der Waals surface area contributed by atoms with Crippen LogP contribution < -0.4 is 9.70 Å². The highest BCUT2D eigenvalue weighted by atomic mass is 32.1. The smallest absolute Gasteiger partial charge is 0.279 e. The van der Waals surface area contributed by atoms with Gasteiger partial charge >= 0.3 is 0 Å². The van der Waals surface area contributed by atoms with Gasteiger partial charge in [0.1, 0.15) is 5.82 Å². The summed E-state index contributed by atoms with van der Waals surface area (Å²) in [6.07, 6.45) is 1.18. The van der Waals surface area contributed by atoms with E-state index < -0.39 is 5.91 Å². The molecule has 1 fully saturated rings. The van der Waals surface area contributed by atoms with E-state index in [9.17, 15) is 18.8 Å². The number of hydrogen-bond acceptors (Lipinski definition) is 4. The van der Waals surface area contributed by atoms with E-state index in [1.54, 1.807) is 28.8 Å². The average molecular weight is 411 g/mol. The largest absolute Gasteiger partial charge is 0.314 e. The van der Waals surface area contributed by atoms with Crippen LogP contribution in [0.15, 0.2) is 47.5 Å². The van der Waals surface area contributed by atoms with Crippen LogP contribution in [0.4, 0.5) is 10.1 Å². The number of benzene rings is 2. The third-order valence-electron chi connectivity index (χ3n) is 4.72. The predicted molar refractivity (Wildman–Crippen MR) is 108 cm³/mol. The summed E-state index contributed by atoms with van der Waals surface area (Å²) in [5, 5.41) is 0. The lowest BCUT2D eigenvalue weighted by molar-refractivity contribution is -0.121. The maximum atomic E-state index is 14.3. The minimum absolute atomic E-state index is 0.203. The van der Waals surface area contributed by atoms with Gasteiger partial charge in [0, 0.05) is 24.9 Å². The Hall–Kier alpha value is -3.13. The fourth-order valence-corrected chi connectivity index (χ4v) is 4.44. The van der Waals surface area contributed by atoms with Crippen LogP contribution in [0, 0.1) is 5.82 Å². The zero-order chi connectivity index (χ0) is 20.5. The van der Waals surface area contributed by atoms with Crippen molar-refractivity contribution >= 4 is 45.0 Å². The van der Waals surface area contributed by atoms with Gasteiger partial charge < -0.3 is 4.57 Å². The fraction of sp³-hybridized carbons (Fsp3) is 0.238. The molecule has 0 unspecified atom stereocenters. The fourth-order valence-electron chi connectivity index (χ4n) is 3.37. The maximum Gasteiger partial charge on any atom is 0.279 e. The molecular weight excluding hydrogens is 393 g/mol. The number of imide groups is 1. The lowest BCUT2D eigenvalue weighted by Crippen LogP contribution is -2.28. The zero-order valence-corrected chi connectivity index (χ0v) is 16.5. The summed E-state index contributed by atoms with van der Waals surface area (Å²) >= 11 is 1.26. The molecule has 1 saturated heterocycles. The molecule has 0 bridgehead atoms. The second-order valence-corrected chi connectivity index (χ2v) is 7.72. The Balaban J connectivity index is 1.70. The number of aryl methyl sites for hydroxylation is 1.